The van der Waals surface area contributed by atoms with Crippen LogP contribution in [0.5, 0.6) is 0 Å². The molecule has 3 rings (SSSR count). The smallest absolute Gasteiger partial charge is 0.331 e. The Morgan fingerprint density at radius 2 is 2.03 bits per heavy atom. The molecular formula is C23H28Cl2FN3O2S. The number of hydrogen-bond donors (Lipinski definition) is 1. The molecule has 1 aliphatic heterocycles. The van der Waals surface area contributed by atoms with Crippen molar-refractivity contribution >= 4 is 52.1 Å². The highest BCUT2D eigenvalue weighted by Crippen LogP contribution is 2.28. The first-order valence-corrected chi connectivity index (χ1v) is 12.2. The van der Waals surface area contributed by atoms with Crippen LogP contribution >= 0.6 is 35.0 Å². The van der Waals surface area contributed by atoms with Gasteiger partial charge in [0.25, 0.3) is 0 Å². The van der Waals surface area contributed by atoms with Crippen LogP contribution in [0.2, 0.25) is 10.0 Å². The zero-order valence-corrected chi connectivity index (χ0v) is 20.8. The Morgan fingerprint density at radius 1 is 1.31 bits per heavy atom. The topological polar surface area (TPSA) is 67.3 Å². The van der Waals surface area contributed by atoms with Crippen molar-refractivity contribution in [3.05, 3.63) is 57.1 Å². The molecule has 0 radical (unpaired) electrons. The third kappa shape index (κ3) is 7.94. The van der Waals surface area contributed by atoms with Crippen LogP contribution < -0.4 is 0 Å². The van der Waals surface area contributed by atoms with Gasteiger partial charge in [-0.05, 0) is 56.9 Å². The Morgan fingerprint density at radius 3 is 2.66 bits per heavy atom. The fourth-order valence-corrected chi connectivity index (χ4v) is 4.64. The summed E-state index contributed by atoms with van der Waals surface area (Å²) in [5.41, 5.74) is 2.85. The van der Waals surface area contributed by atoms with E-state index < -0.39 is 6.67 Å². The lowest BCUT2D eigenvalue weighted by molar-refractivity contribution is -0.143. The van der Waals surface area contributed by atoms with Gasteiger partial charge < -0.3 is 9.72 Å². The van der Waals surface area contributed by atoms with Gasteiger partial charge in [0.05, 0.1) is 17.3 Å². The third-order valence-corrected chi connectivity index (χ3v) is 6.40. The molecule has 1 aliphatic rings. The van der Waals surface area contributed by atoms with E-state index in [-0.39, 0.29) is 12.0 Å². The van der Waals surface area contributed by atoms with Crippen LogP contribution in [0, 0.1) is 6.92 Å². The Labute approximate surface area is 202 Å². The van der Waals surface area contributed by atoms with E-state index in [9.17, 15) is 9.18 Å². The average Bonchev–Trinajstić information content (AvgIpc) is 3.39. The molecule has 0 aliphatic carbocycles. The summed E-state index contributed by atoms with van der Waals surface area (Å²) in [6, 6.07) is 5.12. The number of aromatic nitrogens is 2. The van der Waals surface area contributed by atoms with Crippen molar-refractivity contribution in [1.29, 1.82) is 0 Å². The number of nitrogens with zero attached hydrogens (tertiary/aromatic N) is 2. The second-order valence-electron chi connectivity index (χ2n) is 6.90. The first-order valence-electron chi connectivity index (χ1n) is 10.5. The predicted molar refractivity (Wildman–Crippen MR) is 133 cm³/mol. The number of carbonyl (C=O) groups is 1. The molecule has 1 unspecified atom stereocenters. The SMILES string of the molecule is CCOC(=O)C1CSC(CCc2c(Cl)cccc2Cl)=N1.CCc1[nH]c(C)nc1/C=C\CF. The summed E-state index contributed by atoms with van der Waals surface area (Å²) in [7, 11) is 0. The van der Waals surface area contributed by atoms with E-state index in [2.05, 4.69) is 15.0 Å². The van der Waals surface area contributed by atoms with Gasteiger partial charge >= 0.3 is 5.97 Å². The number of rotatable bonds is 8. The van der Waals surface area contributed by atoms with Crippen LogP contribution in [-0.4, -0.2) is 46.1 Å². The Bertz CT molecular complexity index is 942. The van der Waals surface area contributed by atoms with Gasteiger partial charge in [-0.15, -0.1) is 11.8 Å². The van der Waals surface area contributed by atoms with Crippen molar-refractivity contribution in [2.45, 2.75) is 46.1 Å². The van der Waals surface area contributed by atoms with Gasteiger partial charge in [0.2, 0.25) is 0 Å². The van der Waals surface area contributed by atoms with E-state index in [0.29, 0.717) is 22.4 Å². The van der Waals surface area contributed by atoms with Crippen LogP contribution in [-0.2, 0) is 22.4 Å². The minimum absolute atomic E-state index is 0.245. The number of alkyl halides is 1. The number of H-pyrrole nitrogens is 1. The average molecular weight is 500 g/mol. The van der Waals surface area contributed by atoms with Crippen molar-refractivity contribution < 1.29 is 13.9 Å². The Kier molecular flexibility index (Phi) is 11.3. The van der Waals surface area contributed by atoms with E-state index in [1.165, 1.54) is 6.08 Å². The number of imidazole rings is 1. The van der Waals surface area contributed by atoms with Gasteiger partial charge in [-0.25, -0.2) is 14.2 Å². The van der Waals surface area contributed by atoms with Gasteiger partial charge in [-0.3, -0.25) is 4.99 Å². The molecule has 1 aromatic carbocycles. The number of thioether (sulfide) groups is 1. The van der Waals surface area contributed by atoms with Crippen LogP contribution in [0.1, 0.15) is 43.0 Å². The number of aromatic amines is 1. The molecule has 0 saturated carbocycles. The summed E-state index contributed by atoms with van der Waals surface area (Å²) in [4.78, 5) is 23.3. The molecule has 0 saturated heterocycles. The molecule has 0 amide bonds. The van der Waals surface area contributed by atoms with Gasteiger partial charge in [0.15, 0.2) is 6.04 Å². The normalized spacial score (nSPS) is 15.4. The molecule has 5 nitrogen and oxygen atoms in total. The minimum Gasteiger partial charge on any atom is -0.464 e. The molecule has 0 fully saturated rings. The summed E-state index contributed by atoms with van der Waals surface area (Å²) < 4.78 is 16.8. The molecule has 32 heavy (non-hydrogen) atoms. The summed E-state index contributed by atoms with van der Waals surface area (Å²) in [6.45, 7) is 5.69. The molecule has 2 aromatic rings. The van der Waals surface area contributed by atoms with E-state index in [1.54, 1.807) is 24.8 Å². The van der Waals surface area contributed by atoms with E-state index in [1.807, 2.05) is 32.0 Å². The maximum atomic E-state index is 11.8. The number of benzene rings is 1. The van der Waals surface area contributed by atoms with E-state index in [0.717, 1.165) is 47.1 Å². The molecule has 174 valence electrons. The number of aliphatic imine (C=N–C) groups is 1. The molecule has 0 bridgehead atoms. The van der Waals surface area contributed by atoms with Crippen LogP contribution in [0.4, 0.5) is 4.39 Å². The summed E-state index contributed by atoms with van der Waals surface area (Å²) in [5, 5.41) is 2.30. The number of hydrogen-bond acceptors (Lipinski definition) is 5. The van der Waals surface area contributed by atoms with Crippen molar-refractivity contribution in [1.82, 2.24) is 9.97 Å². The lowest BCUT2D eigenvalue weighted by atomic mass is 10.1. The zero-order valence-electron chi connectivity index (χ0n) is 18.5. The first-order chi connectivity index (χ1) is 15.4. The highest BCUT2D eigenvalue weighted by atomic mass is 35.5. The summed E-state index contributed by atoms with van der Waals surface area (Å²) >= 11 is 13.9. The van der Waals surface area contributed by atoms with Crippen LogP contribution in [0.3, 0.4) is 0 Å². The predicted octanol–water partition coefficient (Wildman–Crippen LogP) is 6.27. The second-order valence-corrected chi connectivity index (χ2v) is 8.81. The number of allylic oxidation sites excluding steroid dienone is 1. The Hall–Kier alpha value is -1.83. The molecule has 0 spiro atoms. The number of halogens is 3. The number of carbonyl (C=O) groups excluding carboxylic acids is 1. The maximum Gasteiger partial charge on any atom is 0.331 e. The lowest BCUT2D eigenvalue weighted by Crippen LogP contribution is -2.21. The zero-order chi connectivity index (χ0) is 23.5. The quantitative estimate of drug-likeness (QED) is 0.434. The molecule has 1 N–H and O–H groups in total. The Balaban J connectivity index is 0.000000258. The number of ether oxygens (including phenoxy) is 1. The first kappa shape index (κ1) is 26.4. The van der Waals surface area contributed by atoms with Gasteiger partial charge in [0.1, 0.15) is 12.5 Å². The largest absolute Gasteiger partial charge is 0.464 e. The minimum atomic E-state index is -0.435. The molecule has 2 heterocycles. The fraction of sp³-hybridized carbons (Fsp3) is 0.435. The molecule has 1 atom stereocenters. The molecular weight excluding hydrogens is 472 g/mol. The number of esters is 1. The molecule has 9 heteroatoms. The van der Waals surface area contributed by atoms with Gasteiger partial charge in [0, 0.05) is 21.5 Å². The van der Waals surface area contributed by atoms with E-state index in [4.69, 9.17) is 27.9 Å². The maximum absolute atomic E-state index is 11.8. The number of nitrogens with one attached hydrogen (secondary N) is 1. The van der Waals surface area contributed by atoms with Crippen molar-refractivity contribution in [2.24, 2.45) is 4.99 Å². The third-order valence-electron chi connectivity index (χ3n) is 4.56. The van der Waals surface area contributed by atoms with Crippen LogP contribution in [0.15, 0.2) is 29.3 Å². The highest BCUT2D eigenvalue weighted by Gasteiger charge is 2.26. The standard InChI is InChI=1S/C14H15Cl2NO2S.C9H13FN2/c1-2-19-14(18)12-8-20-13(17-12)7-6-9-10(15)4-3-5-11(9)16;1-3-8-9(5-4-6-10)12-7(2)11-8/h3-5,12H,2,6-8H2,1H3;4-5H,3,6H2,1-2H3,(H,11,12)/b;5-4-. The van der Waals surface area contributed by atoms with Gasteiger partial charge in [-0.1, -0.05) is 42.3 Å². The second kappa shape index (κ2) is 13.7. The van der Waals surface area contributed by atoms with Crippen molar-refractivity contribution in [3.63, 3.8) is 0 Å². The monoisotopic (exact) mass is 499 g/mol. The lowest BCUT2D eigenvalue weighted by Gasteiger charge is -2.06. The van der Waals surface area contributed by atoms with Crippen molar-refractivity contribution in [2.75, 3.05) is 19.0 Å². The highest BCUT2D eigenvalue weighted by molar-refractivity contribution is 8.14. The fourth-order valence-electron chi connectivity index (χ4n) is 3.04. The van der Waals surface area contributed by atoms with E-state index >= 15 is 0 Å². The summed E-state index contributed by atoms with van der Waals surface area (Å²) in [5.74, 6) is 1.29. The summed E-state index contributed by atoms with van der Waals surface area (Å²) in [6.07, 6.45) is 5.54. The molecule has 1 aromatic heterocycles. The van der Waals surface area contributed by atoms with Crippen molar-refractivity contribution in [3.8, 4) is 0 Å². The number of aryl methyl sites for hydroxylation is 2. The van der Waals surface area contributed by atoms with Gasteiger partial charge in [-0.2, -0.15) is 0 Å². The van der Waals surface area contributed by atoms with Crippen LogP contribution in [0.25, 0.3) is 6.08 Å².